The van der Waals surface area contributed by atoms with Gasteiger partial charge in [0.05, 0.1) is 11.9 Å². The molecule has 0 bridgehead atoms. The van der Waals surface area contributed by atoms with Gasteiger partial charge in [0, 0.05) is 6.54 Å². The molecule has 0 aliphatic carbocycles. The predicted octanol–water partition coefficient (Wildman–Crippen LogP) is 3.60. The fourth-order valence-corrected chi connectivity index (χ4v) is 2.39. The first-order valence-electron chi connectivity index (χ1n) is 5.42. The van der Waals surface area contributed by atoms with Crippen LogP contribution in [-0.4, -0.2) is 15.8 Å². The summed E-state index contributed by atoms with van der Waals surface area (Å²) in [7, 11) is 0. The number of nitrogens with zero attached hydrogens (tertiary/aromatic N) is 2. The number of benzene rings is 1. The third kappa shape index (κ3) is 2.00. The minimum Gasteiger partial charge on any atom is -0.319 e. The van der Waals surface area contributed by atoms with Crippen molar-refractivity contribution < 1.29 is 0 Å². The Morgan fingerprint density at radius 2 is 1.94 bits per heavy atom. The van der Waals surface area contributed by atoms with E-state index in [0.717, 1.165) is 11.7 Å². The number of imidazole rings is 1. The lowest BCUT2D eigenvalue weighted by Gasteiger charge is -2.08. The van der Waals surface area contributed by atoms with E-state index in [4.69, 9.17) is 0 Å². The molecule has 0 atom stereocenters. The summed E-state index contributed by atoms with van der Waals surface area (Å²) >= 11 is 1.69. The molecule has 0 saturated carbocycles. The van der Waals surface area contributed by atoms with Gasteiger partial charge in [0.15, 0.2) is 5.16 Å². The standard InChI is InChI=1S/C13H16N2S/c1-4-15-12(9-14-13(15)16-3)11-7-5-10(2)6-8-11/h5-9H,4H2,1-3H3. The SMILES string of the molecule is CCn1c(-c2ccc(C)cc2)cnc1SC. The molecule has 16 heavy (non-hydrogen) atoms. The average molecular weight is 232 g/mol. The van der Waals surface area contributed by atoms with Crippen LogP contribution in [0.15, 0.2) is 35.6 Å². The van der Waals surface area contributed by atoms with Crippen molar-refractivity contribution in [3.63, 3.8) is 0 Å². The zero-order valence-corrected chi connectivity index (χ0v) is 10.7. The van der Waals surface area contributed by atoms with Crippen molar-refractivity contribution >= 4 is 11.8 Å². The molecule has 0 aliphatic rings. The van der Waals surface area contributed by atoms with Crippen LogP contribution in [0.3, 0.4) is 0 Å². The molecular formula is C13H16N2S. The van der Waals surface area contributed by atoms with Gasteiger partial charge in [-0.1, -0.05) is 41.6 Å². The van der Waals surface area contributed by atoms with E-state index in [-0.39, 0.29) is 0 Å². The van der Waals surface area contributed by atoms with Crippen LogP contribution >= 0.6 is 11.8 Å². The van der Waals surface area contributed by atoms with E-state index in [1.165, 1.54) is 16.8 Å². The van der Waals surface area contributed by atoms with Crippen LogP contribution in [0.25, 0.3) is 11.3 Å². The molecule has 0 aliphatic heterocycles. The number of aromatic nitrogens is 2. The van der Waals surface area contributed by atoms with Crippen LogP contribution in [0.1, 0.15) is 12.5 Å². The summed E-state index contributed by atoms with van der Waals surface area (Å²) in [6, 6.07) is 8.59. The van der Waals surface area contributed by atoms with E-state index in [1.807, 2.05) is 6.20 Å². The van der Waals surface area contributed by atoms with Gasteiger partial charge in [0.25, 0.3) is 0 Å². The molecule has 0 fully saturated rings. The van der Waals surface area contributed by atoms with Crippen LogP contribution in [0, 0.1) is 6.92 Å². The van der Waals surface area contributed by atoms with E-state index in [2.05, 4.69) is 53.9 Å². The Kier molecular flexibility index (Phi) is 3.34. The maximum Gasteiger partial charge on any atom is 0.168 e. The second kappa shape index (κ2) is 4.74. The zero-order chi connectivity index (χ0) is 11.5. The zero-order valence-electron chi connectivity index (χ0n) is 9.90. The first kappa shape index (κ1) is 11.3. The van der Waals surface area contributed by atoms with Crippen LogP contribution < -0.4 is 0 Å². The van der Waals surface area contributed by atoms with E-state index in [9.17, 15) is 0 Å². The molecule has 3 heteroatoms. The van der Waals surface area contributed by atoms with Gasteiger partial charge in [-0.25, -0.2) is 4.98 Å². The van der Waals surface area contributed by atoms with Crippen LogP contribution in [0.2, 0.25) is 0 Å². The lowest BCUT2D eigenvalue weighted by atomic mass is 10.1. The molecule has 0 saturated heterocycles. The molecule has 0 spiro atoms. The maximum absolute atomic E-state index is 4.43. The molecular weight excluding hydrogens is 216 g/mol. The highest BCUT2D eigenvalue weighted by Crippen LogP contribution is 2.24. The van der Waals surface area contributed by atoms with Crippen LogP contribution in [0.5, 0.6) is 0 Å². The van der Waals surface area contributed by atoms with Gasteiger partial charge in [-0.05, 0) is 25.7 Å². The Morgan fingerprint density at radius 3 is 2.50 bits per heavy atom. The summed E-state index contributed by atoms with van der Waals surface area (Å²) in [5, 5.41) is 1.08. The van der Waals surface area contributed by atoms with E-state index < -0.39 is 0 Å². The molecule has 2 nitrogen and oxygen atoms in total. The lowest BCUT2D eigenvalue weighted by molar-refractivity contribution is 0.688. The van der Waals surface area contributed by atoms with Crippen molar-refractivity contribution in [2.45, 2.75) is 25.5 Å². The molecule has 0 unspecified atom stereocenters. The smallest absolute Gasteiger partial charge is 0.168 e. The fraction of sp³-hybridized carbons (Fsp3) is 0.308. The van der Waals surface area contributed by atoms with E-state index in [1.54, 1.807) is 11.8 Å². The lowest BCUT2D eigenvalue weighted by Crippen LogP contribution is -1.98. The van der Waals surface area contributed by atoms with Gasteiger partial charge in [-0.3, -0.25) is 0 Å². The quantitative estimate of drug-likeness (QED) is 0.752. The van der Waals surface area contributed by atoms with E-state index >= 15 is 0 Å². The van der Waals surface area contributed by atoms with Gasteiger partial charge in [-0.15, -0.1) is 0 Å². The Hall–Kier alpha value is -1.22. The third-order valence-electron chi connectivity index (χ3n) is 2.67. The minimum atomic E-state index is 0.958. The molecule has 2 rings (SSSR count). The number of hydrogen-bond acceptors (Lipinski definition) is 2. The Bertz CT molecular complexity index is 471. The van der Waals surface area contributed by atoms with Crippen molar-refractivity contribution in [3.05, 3.63) is 36.0 Å². The minimum absolute atomic E-state index is 0.958. The van der Waals surface area contributed by atoms with Crippen molar-refractivity contribution in [1.29, 1.82) is 0 Å². The number of aryl methyl sites for hydroxylation is 1. The molecule has 1 aromatic heterocycles. The largest absolute Gasteiger partial charge is 0.319 e. The molecule has 2 aromatic rings. The first-order valence-corrected chi connectivity index (χ1v) is 6.65. The Balaban J connectivity index is 2.47. The normalized spacial score (nSPS) is 10.7. The second-order valence-corrected chi connectivity index (χ2v) is 4.51. The van der Waals surface area contributed by atoms with Crippen LogP contribution in [-0.2, 0) is 6.54 Å². The van der Waals surface area contributed by atoms with Gasteiger partial charge in [0.1, 0.15) is 0 Å². The van der Waals surface area contributed by atoms with Crippen LogP contribution in [0.4, 0.5) is 0 Å². The number of rotatable bonds is 3. The van der Waals surface area contributed by atoms with Crippen molar-refractivity contribution in [2.24, 2.45) is 0 Å². The molecule has 1 aromatic carbocycles. The van der Waals surface area contributed by atoms with Gasteiger partial charge >= 0.3 is 0 Å². The summed E-state index contributed by atoms with van der Waals surface area (Å²) in [6.45, 7) is 5.21. The summed E-state index contributed by atoms with van der Waals surface area (Å²) < 4.78 is 2.25. The first-order chi connectivity index (χ1) is 7.76. The molecule has 1 heterocycles. The number of thioether (sulfide) groups is 1. The Morgan fingerprint density at radius 1 is 1.25 bits per heavy atom. The molecule has 0 radical (unpaired) electrons. The highest BCUT2D eigenvalue weighted by molar-refractivity contribution is 7.98. The molecule has 0 N–H and O–H groups in total. The van der Waals surface area contributed by atoms with E-state index in [0.29, 0.717) is 0 Å². The van der Waals surface area contributed by atoms with Crippen molar-refractivity contribution in [3.8, 4) is 11.3 Å². The topological polar surface area (TPSA) is 17.8 Å². The highest BCUT2D eigenvalue weighted by Gasteiger charge is 2.08. The van der Waals surface area contributed by atoms with Crippen molar-refractivity contribution in [1.82, 2.24) is 9.55 Å². The predicted molar refractivity (Wildman–Crippen MR) is 69.9 cm³/mol. The van der Waals surface area contributed by atoms with Crippen molar-refractivity contribution in [2.75, 3.05) is 6.26 Å². The Labute approximate surface area is 101 Å². The van der Waals surface area contributed by atoms with Gasteiger partial charge in [-0.2, -0.15) is 0 Å². The summed E-state index contributed by atoms with van der Waals surface area (Å²) in [4.78, 5) is 4.43. The third-order valence-corrected chi connectivity index (χ3v) is 3.36. The summed E-state index contributed by atoms with van der Waals surface area (Å²) in [6.07, 6.45) is 4.02. The monoisotopic (exact) mass is 232 g/mol. The average Bonchev–Trinajstić information content (AvgIpc) is 2.72. The fourth-order valence-electron chi connectivity index (χ4n) is 1.78. The molecule has 0 amide bonds. The van der Waals surface area contributed by atoms with Gasteiger partial charge < -0.3 is 4.57 Å². The highest BCUT2D eigenvalue weighted by atomic mass is 32.2. The maximum atomic E-state index is 4.43. The molecule has 84 valence electrons. The second-order valence-electron chi connectivity index (χ2n) is 3.74. The summed E-state index contributed by atoms with van der Waals surface area (Å²) in [5.74, 6) is 0. The van der Waals surface area contributed by atoms with Gasteiger partial charge in [0.2, 0.25) is 0 Å². The number of hydrogen-bond donors (Lipinski definition) is 0. The summed E-state index contributed by atoms with van der Waals surface area (Å²) in [5.41, 5.74) is 3.73.